The van der Waals surface area contributed by atoms with E-state index in [4.69, 9.17) is 9.84 Å². The lowest BCUT2D eigenvalue weighted by Gasteiger charge is -2.23. The number of amides is 1. The monoisotopic (exact) mass is 479 g/mol. The lowest BCUT2D eigenvalue weighted by molar-refractivity contribution is -0.137. The molecule has 0 bridgehead atoms. The molecule has 3 aromatic rings. The summed E-state index contributed by atoms with van der Waals surface area (Å²) in [7, 11) is 0. The Morgan fingerprint density at radius 2 is 1.48 bits per heavy atom. The van der Waals surface area contributed by atoms with Gasteiger partial charge in [0, 0.05) is 23.5 Å². The predicted molar refractivity (Wildman–Crippen MR) is 122 cm³/mol. The van der Waals surface area contributed by atoms with Crippen LogP contribution in [0.5, 0.6) is 0 Å². The molecule has 0 unspecified atom stereocenters. The summed E-state index contributed by atoms with van der Waals surface area (Å²) in [6.45, 7) is 0.579. The highest BCUT2D eigenvalue weighted by Gasteiger charge is 2.29. The molecule has 0 aromatic heterocycles. The number of nitrogens with zero attached hydrogens (tertiary/aromatic N) is 1. The number of hydrogen-bond donors (Lipinski definition) is 1. The second-order valence-electron chi connectivity index (χ2n) is 7.50. The maximum atomic E-state index is 12.9. The van der Waals surface area contributed by atoms with Gasteiger partial charge in [0.2, 0.25) is 0 Å². The average Bonchev–Trinajstić information content (AvgIpc) is 3.10. The quantitative estimate of drug-likeness (QED) is 0.473. The molecule has 1 N–H and O–H groups in total. The molecule has 3 aromatic carbocycles. The first-order valence-corrected chi connectivity index (χ1v) is 10.9. The smallest absolute Gasteiger partial charge is 0.410 e. The van der Waals surface area contributed by atoms with Crippen LogP contribution in [-0.2, 0) is 16.1 Å². The standard InChI is InChI=1S/C25H22BrNO4/c26-18-11-9-17(10-12-18)15-27(14-13-24(28)29)25(30)31-16-23-21-7-3-1-5-19(21)20-6-2-4-8-22(20)23/h1-12,23H,13-16H2,(H,28,29). The molecule has 158 valence electrons. The van der Waals surface area contributed by atoms with E-state index in [2.05, 4.69) is 40.2 Å². The Bertz CT molecular complexity index is 1050. The van der Waals surface area contributed by atoms with Crippen LogP contribution in [0.25, 0.3) is 11.1 Å². The van der Waals surface area contributed by atoms with Crippen LogP contribution in [0.1, 0.15) is 29.0 Å². The highest BCUT2D eigenvalue weighted by molar-refractivity contribution is 9.10. The van der Waals surface area contributed by atoms with Crippen molar-refractivity contribution in [1.82, 2.24) is 4.90 Å². The molecule has 6 heteroatoms. The van der Waals surface area contributed by atoms with Gasteiger partial charge in [-0.25, -0.2) is 4.79 Å². The second-order valence-corrected chi connectivity index (χ2v) is 8.41. The van der Waals surface area contributed by atoms with Crippen molar-refractivity contribution >= 4 is 28.0 Å². The van der Waals surface area contributed by atoms with Crippen LogP contribution in [0.3, 0.4) is 0 Å². The number of fused-ring (bicyclic) bond motifs is 3. The Morgan fingerprint density at radius 3 is 2.06 bits per heavy atom. The van der Waals surface area contributed by atoms with E-state index in [0.717, 1.165) is 32.3 Å². The zero-order chi connectivity index (χ0) is 21.8. The van der Waals surface area contributed by atoms with Gasteiger partial charge in [0.05, 0.1) is 6.42 Å². The molecule has 1 amide bonds. The Kier molecular flexibility index (Phi) is 6.37. The molecule has 0 saturated carbocycles. The minimum Gasteiger partial charge on any atom is -0.481 e. The molecule has 5 nitrogen and oxygen atoms in total. The zero-order valence-corrected chi connectivity index (χ0v) is 18.4. The fourth-order valence-electron chi connectivity index (χ4n) is 3.96. The molecule has 0 heterocycles. The maximum absolute atomic E-state index is 12.9. The zero-order valence-electron chi connectivity index (χ0n) is 16.8. The van der Waals surface area contributed by atoms with Crippen LogP contribution in [0, 0.1) is 0 Å². The van der Waals surface area contributed by atoms with Crippen LogP contribution >= 0.6 is 15.9 Å². The Hall–Kier alpha value is -3.12. The first-order valence-electron chi connectivity index (χ1n) is 10.1. The van der Waals surface area contributed by atoms with Gasteiger partial charge in [0.1, 0.15) is 6.61 Å². The molecule has 4 rings (SSSR count). The molecule has 31 heavy (non-hydrogen) atoms. The van der Waals surface area contributed by atoms with Crippen molar-refractivity contribution in [3.8, 4) is 11.1 Å². The van der Waals surface area contributed by atoms with Crippen molar-refractivity contribution in [3.05, 3.63) is 94.0 Å². The Labute approximate surface area is 189 Å². The SMILES string of the molecule is O=C(O)CCN(Cc1ccc(Br)cc1)C(=O)OCC1c2ccccc2-c2ccccc21. The van der Waals surface area contributed by atoms with Crippen molar-refractivity contribution in [3.63, 3.8) is 0 Å². The fraction of sp³-hybridized carbons (Fsp3) is 0.200. The summed E-state index contributed by atoms with van der Waals surface area (Å²) in [4.78, 5) is 25.4. The number of ether oxygens (including phenoxy) is 1. The summed E-state index contributed by atoms with van der Waals surface area (Å²) >= 11 is 3.40. The topological polar surface area (TPSA) is 66.8 Å². The van der Waals surface area contributed by atoms with Gasteiger partial charge in [-0.2, -0.15) is 0 Å². The highest BCUT2D eigenvalue weighted by Crippen LogP contribution is 2.44. The molecule has 0 radical (unpaired) electrons. The van der Waals surface area contributed by atoms with Gasteiger partial charge in [-0.1, -0.05) is 76.6 Å². The van der Waals surface area contributed by atoms with Gasteiger partial charge >= 0.3 is 12.1 Å². The molecule has 0 atom stereocenters. The van der Waals surface area contributed by atoms with Crippen molar-refractivity contribution in [2.75, 3.05) is 13.2 Å². The van der Waals surface area contributed by atoms with E-state index >= 15 is 0 Å². The van der Waals surface area contributed by atoms with Crippen LogP contribution < -0.4 is 0 Å². The van der Waals surface area contributed by atoms with Crippen LogP contribution in [0.2, 0.25) is 0 Å². The Morgan fingerprint density at radius 1 is 0.903 bits per heavy atom. The normalized spacial score (nSPS) is 12.2. The van der Waals surface area contributed by atoms with E-state index in [1.165, 1.54) is 4.90 Å². The van der Waals surface area contributed by atoms with Crippen LogP contribution in [0.4, 0.5) is 4.79 Å². The third-order valence-corrected chi connectivity index (χ3v) is 6.01. The summed E-state index contributed by atoms with van der Waals surface area (Å²) in [5, 5.41) is 9.08. The number of carbonyl (C=O) groups is 2. The molecule has 1 aliphatic carbocycles. The number of aliphatic carboxylic acids is 1. The van der Waals surface area contributed by atoms with E-state index < -0.39 is 12.1 Å². The predicted octanol–water partition coefficient (Wildman–Crippen LogP) is 5.67. The number of carbonyl (C=O) groups excluding carboxylic acids is 1. The minimum absolute atomic E-state index is 0.0367. The number of carboxylic acids is 1. The van der Waals surface area contributed by atoms with Gasteiger partial charge in [-0.05, 0) is 39.9 Å². The van der Waals surface area contributed by atoms with Gasteiger partial charge in [0.15, 0.2) is 0 Å². The summed E-state index contributed by atoms with van der Waals surface area (Å²) in [6.07, 6.45) is -0.646. The van der Waals surface area contributed by atoms with E-state index in [9.17, 15) is 9.59 Å². The molecular weight excluding hydrogens is 458 g/mol. The minimum atomic E-state index is -0.952. The van der Waals surface area contributed by atoms with E-state index in [0.29, 0.717) is 0 Å². The fourth-order valence-corrected chi connectivity index (χ4v) is 4.23. The number of hydrogen-bond acceptors (Lipinski definition) is 3. The first kappa shape index (κ1) is 21.1. The van der Waals surface area contributed by atoms with Gasteiger partial charge in [0.25, 0.3) is 0 Å². The number of benzene rings is 3. The number of carboxylic acid groups (broad SMARTS) is 1. The van der Waals surface area contributed by atoms with E-state index in [-0.39, 0.29) is 32.0 Å². The maximum Gasteiger partial charge on any atom is 0.410 e. The largest absolute Gasteiger partial charge is 0.481 e. The summed E-state index contributed by atoms with van der Waals surface area (Å²) < 4.78 is 6.65. The molecule has 1 aliphatic rings. The molecular formula is C25H22BrNO4. The van der Waals surface area contributed by atoms with Gasteiger partial charge < -0.3 is 14.7 Å². The van der Waals surface area contributed by atoms with Crippen molar-refractivity contribution < 1.29 is 19.4 Å². The van der Waals surface area contributed by atoms with Crippen molar-refractivity contribution in [2.45, 2.75) is 18.9 Å². The molecule has 0 aliphatic heterocycles. The third-order valence-electron chi connectivity index (χ3n) is 5.48. The van der Waals surface area contributed by atoms with Gasteiger partial charge in [-0.15, -0.1) is 0 Å². The van der Waals surface area contributed by atoms with Crippen molar-refractivity contribution in [1.29, 1.82) is 0 Å². The van der Waals surface area contributed by atoms with Gasteiger partial charge in [-0.3, -0.25) is 4.79 Å². The summed E-state index contributed by atoms with van der Waals surface area (Å²) in [6, 6.07) is 23.9. The summed E-state index contributed by atoms with van der Waals surface area (Å²) in [5.74, 6) is -0.988. The lowest BCUT2D eigenvalue weighted by atomic mass is 9.98. The molecule has 0 saturated heterocycles. The third kappa shape index (κ3) is 4.80. The van der Waals surface area contributed by atoms with E-state index in [1.54, 1.807) is 0 Å². The number of rotatable bonds is 7. The first-order chi connectivity index (χ1) is 15.0. The van der Waals surface area contributed by atoms with Crippen LogP contribution in [0.15, 0.2) is 77.3 Å². The van der Waals surface area contributed by atoms with Crippen LogP contribution in [-0.4, -0.2) is 35.2 Å². The molecule has 0 fully saturated rings. The second kappa shape index (κ2) is 9.35. The van der Waals surface area contributed by atoms with Crippen molar-refractivity contribution in [2.24, 2.45) is 0 Å². The van der Waals surface area contributed by atoms with E-state index in [1.807, 2.05) is 48.5 Å². The summed E-state index contributed by atoms with van der Waals surface area (Å²) in [5.41, 5.74) is 5.51. The lowest BCUT2D eigenvalue weighted by Crippen LogP contribution is -2.34. The Balaban J connectivity index is 1.49. The number of halogens is 1. The average molecular weight is 480 g/mol. The molecule has 0 spiro atoms. The highest BCUT2D eigenvalue weighted by atomic mass is 79.9.